The highest BCUT2D eigenvalue weighted by atomic mass is 35.5. The Morgan fingerprint density at radius 1 is 1.45 bits per heavy atom. The van der Waals surface area contributed by atoms with Crippen LogP contribution < -0.4 is 10.3 Å². The van der Waals surface area contributed by atoms with E-state index in [4.69, 9.17) is 11.6 Å². The van der Waals surface area contributed by atoms with Crippen molar-refractivity contribution in [3.8, 4) is 0 Å². The molecule has 0 aliphatic carbocycles. The minimum Gasteiger partial charge on any atom is -0.276 e. The zero-order valence-electron chi connectivity index (χ0n) is 5.89. The maximum atomic E-state index is 5.80. The first-order chi connectivity index (χ1) is 5.36. The molecular weight excluding hydrogens is 160 g/mol. The second kappa shape index (κ2) is 2.55. The minimum absolute atomic E-state index is 0.770. The molecule has 0 amide bonds. The number of rotatable bonds is 0. The summed E-state index contributed by atoms with van der Waals surface area (Å²) in [6.07, 6.45) is 1.82. The number of anilines is 1. The Morgan fingerprint density at radius 3 is 3.27 bits per heavy atom. The van der Waals surface area contributed by atoms with E-state index < -0.39 is 0 Å². The van der Waals surface area contributed by atoms with E-state index in [9.17, 15) is 0 Å². The topological polar surface area (TPSA) is 26.0 Å². The molecule has 2 nitrogen and oxygen atoms in total. The van der Waals surface area contributed by atoms with E-state index in [2.05, 4.69) is 10.3 Å². The van der Waals surface area contributed by atoms with Gasteiger partial charge in [0.2, 0.25) is 6.34 Å². The standard InChI is InChI=1S/C8H7ClN2/c9-7-2-1-6-4-10-5-11-8(6)3-7/h1-3,5H,4H2,(H,10,11)/p+1. The molecule has 0 radical (unpaired) electrons. The Kier molecular flexibility index (Phi) is 1.55. The van der Waals surface area contributed by atoms with Crippen LogP contribution in [0.2, 0.25) is 5.02 Å². The van der Waals surface area contributed by atoms with Gasteiger partial charge in [-0.15, -0.1) is 0 Å². The Bertz CT molecular complexity index is 307. The van der Waals surface area contributed by atoms with E-state index in [1.165, 1.54) is 5.56 Å². The van der Waals surface area contributed by atoms with Crippen molar-refractivity contribution in [3.63, 3.8) is 0 Å². The van der Waals surface area contributed by atoms with Gasteiger partial charge in [-0.25, -0.2) is 5.32 Å². The lowest BCUT2D eigenvalue weighted by atomic mass is 10.1. The van der Waals surface area contributed by atoms with Gasteiger partial charge in [-0.2, -0.15) is 0 Å². The van der Waals surface area contributed by atoms with Gasteiger partial charge in [0.25, 0.3) is 0 Å². The van der Waals surface area contributed by atoms with Crippen molar-refractivity contribution in [2.24, 2.45) is 0 Å². The van der Waals surface area contributed by atoms with Crippen molar-refractivity contribution in [2.45, 2.75) is 6.54 Å². The van der Waals surface area contributed by atoms with Crippen LogP contribution in [0.5, 0.6) is 0 Å². The average molecular weight is 168 g/mol. The van der Waals surface area contributed by atoms with Gasteiger partial charge in [-0.3, -0.25) is 4.99 Å². The predicted octanol–water partition coefficient (Wildman–Crippen LogP) is 0.374. The fraction of sp³-hybridized carbons (Fsp3) is 0.125. The van der Waals surface area contributed by atoms with Gasteiger partial charge in [0.1, 0.15) is 12.2 Å². The molecule has 0 fully saturated rings. The number of benzene rings is 1. The molecule has 2 rings (SSSR count). The summed E-state index contributed by atoms with van der Waals surface area (Å²) in [5.74, 6) is 0. The summed E-state index contributed by atoms with van der Waals surface area (Å²) >= 11 is 5.80. The summed E-state index contributed by atoms with van der Waals surface area (Å²) in [6.45, 7) is 0.875. The zero-order chi connectivity index (χ0) is 7.68. The van der Waals surface area contributed by atoms with Gasteiger partial charge in [0, 0.05) is 16.7 Å². The molecule has 0 spiro atoms. The highest BCUT2D eigenvalue weighted by Gasteiger charge is 2.09. The van der Waals surface area contributed by atoms with Crippen LogP contribution in [0.15, 0.2) is 18.2 Å². The Labute approximate surface area is 69.9 Å². The predicted molar refractivity (Wildman–Crippen MR) is 45.8 cm³/mol. The molecule has 1 aromatic rings. The molecule has 1 aromatic carbocycles. The third kappa shape index (κ3) is 1.21. The summed E-state index contributed by atoms with van der Waals surface area (Å²) in [6, 6.07) is 5.84. The fourth-order valence-electron chi connectivity index (χ4n) is 1.13. The number of halogens is 1. The molecule has 11 heavy (non-hydrogen) atoms. The summed E-state index contributed by atoms with van der Waals surface area (Å²) in [5, 5.41) is 3.85. The molecule has 1 heterocycles. The molecule has 56 valence electrons. The van der Waals surface area contributed by atoms with E-state index in [0.717, 1.165) is 17.3 Å². The highest BCUT2D eigenvalue weighted by molar-refractivity contribution is 6.30. The number of nitrogens with one attached hydrogen (secondary N) is 2. The second-order valence-electron chi connectivity index (χ2n) is 2.47. The fourth-order valence-corrected chi connectivity index (χ4v) is 1.30. The third-order valence-corrected chi connectivity index (χ3v) is 1.93. The van der Waals surface area contributed by atoms with Crippen LogP contribution in [0.25, 0.3) is 0 Å². The average Bonchev–Trinajstić information content (AvgIpc) is 2.04. The normalized spacial score (nSPS) is 13.9. The summed E-state index contributed by atoms with van der Waals surface area (Å²) in [7, 11) is 0. The van der Waals surface area contributed by atoms with Crippen LogP contribution >= 0.6 is 11.6 Å². The molecule has 0 saturated heterocycles. The van der Waals surface area contributed by atoms with Crippen LogP contribution in [0.4, 0.5) is 5.69 Å². The van der Waals surface area contributed by atoms with Crippen molar-refractivity contribution in [1.82, 2.24) is 0 Å². The van der Waals surface area contributed by atoms with Crippen molar-refractivity contribution < 1.29 is 4.99 Å². The molecule has 2 N–H and O–H groups in total. The lowest BCUT2D eigenvalue weighted by Crippen LogP contribution is -2.69. The van der Waals surface area contributed by atoms with Gasteiger partial charge >= 0.3 is 0 Å². The van der Waals surface area contributed by atoms with Crippen LogP contribution in [-0.2, 0) is 6.54 Å². The first kappa shape index (κ1) is 6.68. The zero-order valence-corrected chi connectivity index (χ0v) is 6.65. The Morgan fingerprint density at radius 2 is 2.36 bits per heavy atom. The van der Waals surface area contributed by atoms with E-state index >= 15 is 0 Å². The van der Waals surface area contributed by atoms with Gasteiger partial charge in [-0.05, 0) is 12.1 Å². The van der Waals surface area contributed by atoms with Crippen molar-refractivity contribution in [1.29, 1.82) is 0 Å². The molecule has 1 aliphatic heterocycles. The molecule has 3 heteroatoms. The van der Waals surface area contributed by atoms with E-state index in [-0.39, 0.29) is 0 Å². The molecular formula is C8H8ClN2+. The van der Waals surface area contributed by atoms with Crippen LogP contribution in [0.3, 0.4) is 0 Å². The smallest absolute Gasteiger partial charge is 0.235 e. The minimum atomic E-state index is 0.770. The largest absolute Gasteiger partial charge is 0.276 e. The Hall–Kier alpha value is -1.02. The van der Waals surface area contributed by atoms with Crippen molar-refractivity contribution in [2.75, 3.05) is 5.32 Å². The first-order valence-corrected chi connectivity index (χ1v) is 3.84. The first-order valence-electron chi connectivity index (χ1n) is 3.46. The highest BCUT2D eigenvalue weighted by Crippen LogP contribution is 2.20. The van der Waals surface area contributed by atoms with Gasteiger partial charge in [0.15, 0.2) is 0 Å². The number of hydrogen-bond acceptors (Lipinski definition) is 1. The SMILES string of the molecule is Clc1ccc2c(c1)NC=[NH+]C2. The Balaban J connectivity index is 2.48. The summed E-state index contributed by atoms with van der Waals surface area (Å²) in [5.41, 5.74) is 2.34. The van der Waals surface area contributed by atoms with Crippen molar-refractivity contribution in [3.05, 3.63) is 28.8 Å². The van der Waals surface area contributed by atoms with Gasteiger partial charge in [-0.1, -0.05) is 11.6 Å². The molecule has 1 aliphatic rings. The van der Waals surface area contributed by atoms with Gasteiger partial charge in [0.05, 0.1) is 0 Å². The maximum Gasteiger partial charge on any atom is 0.235 e. The summed E-state index contributed by atoms with van der Waals surface area (Å²) < 4.78 is 0. The third-order valence-electron chi connectivity index (χ3n) is 1.69. The van der Waals surface area contributed by atoms with Crippen molar-refractivity contribution >= 4 is 23.6 Å². The molecule has 0 unspecified atom stereocenters. The monoisotopic (exact) mass is 167 g/mol. The quantitative estimate of drug-likeness (QED) is 0.574. The number of fused-ring (bicyclic) bond motifs is 1. The van der Waals surface area contributed by atoms with E-state index in [1.54, 1.807) is 0 Å². The summed E-state index contributed by atoms with van der Waals surface area (Å²) in [4.78, 5) is 3.08. The molecule has 0 aromatic heterocycles. The lowest BCUT2D eigenvalue weighted by molar-refractivity contribution is -0.471. The molecule has 0 atom stereocenters. The number of hydrogen-bond donors (Lipinski definition) is 2. The van der Waals surface area contributed by atoms with Crippen LogP contribution in [0.1, 0.15) is 5.56 Å². The van der Waals surface area contributed by atoms with Gasteiger partial charge < -0.3 is 0 Å². The van der Waals surface area contributed by atoms with Crippen LogP contribution in [0, 0.1) is 0 Å². The molecule has 0 saturated carbocycles. The van der Waals surface area contributed by atoms with E-state index in [1.807, 2.05) is 24.5 Å². The second-order valence-corrected chi connectivity index (χ2v) is 2.91. The maximum absolute atomic E-state index is 5.80. The van der Waals surface area contributed by atoms with Crippen LogP contribution in [-0.4, -0.2) is 6.34 Å². The molecule has 0 bridgehead atoms. The lowest BCUT2D eigenvalue weighted by Gasteiger charge is -2.05. The van der Waals surface area contributed by atoms with E-state index in [0.29, 0.717) is 0 Å².